The summed E-state index contributed by atoms with van der Waals surface area (Å²) in [7, 11) is 0. The highest BCUT2D eigenvalue weighted by molar-refractivity contribution is 7.11. The van der Waals surface area contributed by atoms with Gasteiger partial charge < -0.3 is 9.64 Å². The largest absolute Gasteiger partial charge is 0.482 e. The molecule has 28 heavy (non-hydrogen) atoms. The average molecular weight is 402 g/mol. The van der Waals surface area contributed by atoms with E-state index in [0.29, 0.717) is 24.5 Å². The summed E-state index contributed by atoms with van der Waals surface area (Å²) in [5, 5.41) is 0.999. The van der Waals surface area contributed by atoms with E-state index in [1.165, 1.54) is 0 Å². The maximum Gasteiger partial charge on any atom is 0.265 e. The Labute approximate surface area is 170 Å². The van der Waals surface area contributed by atoms with Crippen LogP contribution in [-0.2, 0) is 9.59 Å². The Kier molecular flexibility index (Phi) is 6.34. The average Bonchev–Trinajstić information content (AvgIpc) is 3.01. The summed E-state index contributed by atoms with van der Waals surface area (Å²) in [4.78, 5) is 34.5. The number of carbonyl (C=O) groups is 2. The molecule has 3 rings (SSSR count). The van der Waals surface area contributed by atoms with Gasteiger partial charge in [-0.15, -0.1) is 11.3 Å². The van der Waals surface area contributed by atoms with Crippen LogP contribution >= 0.6 is 11.3 Å². The SMILES string of the molecule is CCCN(CCC)C(=O)CN1C(=O)COc2ccc(-c3nc(C)sc3C)cc21. The van der Waals surface area contributed by atoms with Gasteiger partial charge in [0.05, 0.1) is 16.4 Å². The number of hydrogen-bond donors (Lipinski definition) is 0. The fourth-order valence-corrected chi connectivity index (χ4v) is 4.30. The zero-order chi connectivity index (χ0) is 20.3. The fourth-order valence-electron chi connectivity index (χ4n) is 3.46. The third-order valence-electron chi connectivity index (χ3n) is 4.71. The number of thiazole rings is 1. The lowest BCUT2D eigenvalue weighted by molar-refractivity contribution is -0.132. The molecular weight excluding hydrogens is 374 g/mol. The highest BCUT2D eigenvalue weighted by Gasteiger charge is 2.29. The van der Waals surface area contributed by atoms with Crippen LogP contribution in [0.3, 0.4) is 0 Å². The van der Waals surface area contributed by atoms with Gasteiger partial charge in [0.2, 0.25) is 5.91 Å². The molecule has 7 heteroatoms. The van der Waals surface area contributed by atoms with E-state index in [1.54, 1.807) is 16.2 Å². The van der Waals surface area contributed by atoms with Crippen LogP contribution in [-0.4, -0.2) is 47.9 Å². The van der Waals surface area contributed by atoms with Crippen molar-refractivity contribution >= 4 is 28.8 Å². The Morgan fingerprint density at radius 2 is 1.96 bits per heavy atom. The Bertz CT molecular complexity index is 872. The van der Waals surface area contributed by atoms with Crippen molar-refractivity contribution in [2.45, 2.75) is 40.5 Å². The monoisotopic (exact) mass is 401 g/mol. The Balaban J connectivity index is 1.92. The number of carbonyl (C=O) groups excluding carboxylic acids is 2. The second-order valence-corrected chi connectivity index (χ2v) is 8.38. The molecule has 2 amide bonds. The number of amides is 2. The van der Waals surface area contributed by atoms with Crippen LogP contribution in [0, 0.1) is 13.8 Å². The first-order chi connectivity index (χ1) is 13.4. The van der Waals surface area contributed by atoms with E-state index in [-0.39, 0.29) is 25.0 Å². The summed E-state index contributed by atoms with van der Waals surface area (Å²) in [5.74, 6) is 0.395. The number of fused-ring (bicyclic) bond motifs is 1. The van der Waals surface area contributed by atoms with Gasteiger partial charge in [-0.1, -0.05) is 13.8 Å². The minimum atomic E-state index is -0.197. The quantitative estimate of drug-likeness (QED) is 0.708. The molecule has 1 aromatic carbocycles. The highest BCUT2D eigenvalue weighted by atomic mass is 32.1. The van der Waals surface area contributed by atoms with Crippen LogP contribution in [0.15, 0.2) is 18.2 Å². The smallest absolute Gasteiger partial charge is 0.265 e. The van der Waals surface area contributed by atoms with E-state index in [4.69, 9.17) is 4.74 Å². The van der Waals surface area contributed by atoms with Gasteiger partial charge in [0.15, 0.2) is 6.61 Å². The maximum atomic E-state index is 12.8. The molecule has 1 aliphatic rings. The lowest BCUT2D eigenvalue weighted by atomic mass is 10.1. The summed E-state index contributed by atoms with van der Waals surface area (Å²) in [6.07, 6.45) is 1.79. The maximum absolute atomic E-state index is 12.8. The van der Waals surface area contributed by atoms with Crippen LogP contribution in [0.2, 0.25) is 0 Å². The van der Waals surface area contributed by atoms with Crippen molar-refractivity contribution in [1.29, 1.82) is 0 Å². The zero-order valence-corrected chi connectivity index (χ0v) is 17.8. The Hall–Kier alpha value is -2.41. The summed E-state index contributed by atoms with van der Waals surface area (Å²) in [6, 6.07) is 5.72. The lowest BCUT2D eigenvalue weighted by Gasteiger charge is -2.31. The van der Waals surface area contributed by atoms with E-state index >= 15 is 0 Å². The second-order valence-electron chi connectivity index (χ2n) is 6.97. The van der Waals surface area contributed by atoms with Crippen LogP contribution in [0.25, 0.3) is 11.3 Å². The third kappa shape index (κ3) is 4.19. The first-order valence-corrected chi connectivity index (χ1v) is 10.6. The Morgan fingerprint density at radius 3 is 2.57 bits per heavy atom. The van der Waals surface area contributed by atoms with Crippen molar-refractivity contribution in [3.8, 4) is 17.0 Å². The molecule has 1 aromatic heterocycles. The van der Waals surface area contributed by atoms with E-state index in [9.17, 15) is 9.59 Å². The van der Waals surface area contributed by atoms with Crippen LogP contribution < -0.4 is 9.64 Å². The number of anilines is 1. The predicted octanol–water partition coefficient (Wildman–Crippen LogP) is 3.80. The van der Waals surface area contributed by atoms with Gasteiger partial charge in [0.25, 0.3) is 5.91 Å². The molecule has 0 N–H and O–H groups in total. The molecule has 1 aliphatic heterocycles. The van der Waals surface area contributed by atoms with Gasteiger partial charge in [0, 0.05) is 23.5 Å². The van der Waals surface area contributed by atoms with Gasteiger partial charge in [-0.2, -0.15) is 0 Å². The van der Waals surface area contributed by atoms with E-state index in [0.717, 1.165) is 34.0 Å². The molecule has 0 atom stereocenters. The molecule has 0 saturated heterocycles. The van der Waals surface area contributed by atoms with Gasteiger partial charge >= 0.3 is 0 Å². The van der Waals surface area contributed by atoms with Crippen molar-refractivity contribution in [2.75, 3.05) is 31.1 Å². The molecule has 0 fully saturated rings. The molecule has 0 saturated carbocycles. The topological polar surface area (TPSA) is 62.7 Å². The number of rotatable bonds is 7. The molecule has 0 aliphatic carbocycles. The molecule has 0 spiro atoms. The number of nitrogens with zero attached hydrogens (tertiary/aromatic N) is 3. The van der Waals surface area contributed by atoms with Gasteiger partial charge in [0.1, 0.15) is 12.3 Å². The summed E-state index contributed by atoms with van der Waals surface area (Å²) in [6.45, 7) is 9.52. The Morgan fingerprint density at radius 1 is 1.25 bits per heavy atom. The number of ether oxygens (including phenoxy) is 1. The number of hydrogen-bond acceptors (Lipinski definition) is 5. The molecule has 0 radical (unpaired) electrons. The van der Waals surface area contributed by atoms with Gasteiger partial charge in [-0.05, 0) is 44.9 Å². The second kappa shape index (κ2) is 8.73. The van der Waals surface area contributed by atoms with Crippen molar-refractivity contribution in [3.63, 3.8) is 0 Å². The third-order valence-corrected chi connectivity index (χ3v) is 5.60. The fraction of sp³-hybridized carbons (Fsp3) is 0.476. The van der Waals surface area contributed by atoms with E-state index in [2.05, 4.69) is 18.8 Å². The summed E-state index contributed by atoms with van der Waals surface area (Å²) in [5.41, 5.74) is 2.48. The van der Waals surface area contributed by atoms with E-state index in [1.807, 2.05) is 36.9 Å². The number of benzene rings is 1. The van der Waals surface area contributed by atoms with Crippen molar-refractivity contribution in [2.24, 2.45) is 0 Å². The van der Waals surface area contributed by atoms with Crippen molar-refractivity contribution in [3.05, 3.63) is 28.1 Å². The zero-order valence-electron chi connectivity index (χ0n) is 16.9. The number of aryl methyl sites for hydroxylation is 2. The molecule has 6 nitrogen and oxygen atoms in total. The standard InChI is InChI=1S/C21H27N3O3S/c1-5-9-23(10-6-2)19(25)12-24-17-11-16(21-14(3)28-15(4)22-21)7-8-18(17)27-13-20(24)26/h7-8,11H,5-6,9-10,12-13H2,1-4H3. The normalized spacial score (nSPS) is 13.3. The minimum absolute atomic E-state index is 0.0315. The van der Waals surface area contributed by atoms with Crippen molar-refractivity contribution < 1.29 is 14.3 Å². The summed E-state index contributed by atoms with van der Waals surface area (Å²) < 4.78 is 5.60. The number of aromatic nitrogens is 1. The van der Waals surface area contributed by atoms with E-state index < -0.39 is 0 Å². The first kappa shape index (κ1) is 20.3. The summed E-state index contributed by atoms with van der Waals surface area (Å²) >= 11 is 1.64. The first-order valence-electron chi connectivity index (χ1n) is 9.74. The minimum Gasteiger partial charge on any atom is -0.482 e. The van der Waals surface area contributed by atoms with Crippen LogP contribution in [0.4, 0.5) is 5.69 Å². The molecule has 2 heterocycles. The molecule has 150 valence electrons. The highest BCUT2D eigenvalue weighted by Crippen LogP contribution is 2.37. The van der Waals surface area contributed by atoms with Crippen LogP contribution in [0.1, 0.15) is 36.6 Å². The lowest BCUT2D eigenvalue weighted by Crippen LogP contribution is -2.46. The molecule has 2 aromatic rings. The van der Waals surface area contributed by atoms with Crippen LogP contribution in [0.5, 0.6) is 5.75 Å². The van der Waals surface area contributed by atoms with Crippen molar-refractivity contribution in [1.82, 2.24) is 9.88 Å². The molecule has 0 bridgehead atoms. The molecular formula is C21H27N3O3S. The van der Waals surface area contributed by atoms with Gasteiger partial charge in [-0.25, -0.2) is 4.98 Å². The molecule has 0 unspecified atom stereocenters. The predicted molar refractivity (Wildman–Crippen MR) is 112 cm³/mol. The van der Waals surface area contributed by atoms with Gasteiger partial charge in [-0.3, -0.25) is 14.5 Å².